The van der Waals surface area contributed by atoms with E-state index < -0.39 is 6.04 Å². The molecule has 5 aromatic rings. The summed E-state index contributed by atoms with van der Waals surface area (Å²) < 4.78 is 0. The molecule has 44 heavy (non-hydrogen) atoms. The smallest absolute Gasteiger partial charge is 0.258 e. The van der Waals surface area contributed by atoms with Crippen molar-refractivity contribution in [3.8, 4) is 5.75 Å². The summed E-state index contributed by atoms with van der Waals surface area (Å²) in [7, 11) is 0. The number of benzene rings is 4. The summed E-state index contributed by atoms with van der Waals surface area (Å²) in [5, 5.41) is 14.2. The van der Waals surface area contributed by atoms with Crippen molar-refractivity contribution in [3.63, 3.8) is 0 Å². The zero-order valence-electron chi connectivity index (χ0n) is 25.0. The number of carbonyl (C=O) groups is 2. The number of nitrogens with two attached hydrogens (primary N) is 1. The van der Waals surface area contributed by atoms with Gasteiger partial charge in [0, 0.05) is 29.4 Å². The van der Waals surface area contributed by atoms with Gasteiger partial charge in [0.05, 0.1) is 17.6 Å². The first-order valence-electron chi connectivity index (χ1n) is 15.0. The number of carbonyl (C=O) groups excluding carboxylic acids is 2. The van der Waals surface area contributed by atoms with E-state index in [9.17, 15) is 14.7 Å². The number of hydrogen-bond donors (Lipinski definition) is 3. The van der Waals surface area contributed by atoms with Gasteiger partial charge in [-0.3, -0.25) is 14.6 Å². The third-order valence-electron chi connectivity index (χ3n) is 8.48. The number of amides is 2. The molecule has 0 radical (unpaired) electrons. The second-order valence-electron chi connectivity index (χ2n) is 11.6. The highest BCUT2D eigenvalue weighted by Crippen LogP contribution is 2.36. The zero-order valence-corrected chi connectivity index (χ0v) is 25.0. The number of anilines is 1. The number of aromatic nitrogens is 1. The molecular formula is C37H36N4O3. The van der Waals surface area contributed by atoms with E-state index in [1.165, 1.54) is 0 Å². The van der Waals surface area contributed by atoms with E-state index in [-0.39, 0.29) is 23.6 Å². The van der Waals surface area contributed by atoms with Gasteiger partial charge in [-0.15, -0.1) is 0 Å². The van der Waals surface area contributed by atoms with Crippen LogP contribution in [0.4, 0.5) is 5.69 Å². The number of phenols is 1. The van der Waals surface area contributed by atoms with E-state index in [1.807, 2.05) is 80.7 Å². The second kappa shape index (κ2) is 12.3. The van der Waals surface area contributed by atoms with Crippen molar-refractivity contribution in [2.45, 2.75) is 45.2 Å². The number of para-hydroxylation sites is 1. The lowest BCUT2D eigenvalue weighted by atomic mass is 9.91. The second-order valence-corrected chi connectivity index (χ2v) is 11.6. The Kier molecular flexibility index (Phi) is 8.13. The van der Waals surface area contributed by atoms with Crippen LogP contribution in [0.2, 0.25) is 0 Å². The van der Waals surface area contributed by atoms with Gasteiger partial charge in [-0.05, 0) is 109 Å². The number of aromatic hydroxyl groups is 1. The Morgan fingerprint density at radius 1 is 0.955 bits per heavy atom. The summed E-state index contributed by atoms with van der Waals surface area (Å²) in [6.07, 6.45) is 3.48. The Morgan fingerprint density at radius 3 is 2.45 bits per heavy atom. The predicted octanol–water partition coefficient (Wildman–Crippen LogP) is 5.93. The van der Waals surface area contributed by atoms with E-state index in [1.54, 1.807) is 17.0 Å². The van der Waals surface area contributed by atoms with Crippen LogP contribution in [0.5, 0.6) is 5.75 Å². The number of phenolic OH excluding ortho intramolecular Hbond substituents is 1. The summed E-state index contributed by atoms with van der Waals surface area (Å²) in [4.78, 5) is 33.5. The molecule has 7 nitrogen and oxygen atoms in total. The van der Waals surface area contributed by atoms with Crippen LogP contribution >= 0.6 is 0 Å². The lowest BCUT2D eigenvalue weighted by Gasteiger charge is -2.35. The first-order chi connectivity index (χ1) is 21.3. The molecule has 0 bridgehead atoms. The minimum atomic E-state index is -0.767. The van der Waals surface area contributed by atoms with Crippen LogP contribution in [0, 0.1) is 13.8 Å². The lowest BCUT2D eigenvalue weighted by Crippen LogP contribution is -2.46. The zero-order chi connectivity index (χ0) is 30.8. The summed E-state index contributed by atoms with van der Waals surface area (Å²) in [5.41, 5.74) is 14.6. The summed E-state index contributed by atoms with van der Waals surface area (Å²) >= 11 is 0. The minimum absolute atomic E-state index is 0.0712. The number of nitrogens with zero attached hydrogens (tertiary/aromatic N) is 2. The number of fused-ring (bicyclic) bond motifs is 2. The predicted molar refractivity (Wildman–Crippen MR) is 174 cm³/mol. The van der Waals surface area contributed by atoms with Crippen molar-refractivity contribution in [1.29, 1.82) is 0 Å². The average molecular weight is 585 g/mol. The first-order valence-corrected chi connectivity index (χ1v) is 15.0. The summed E-state index contributed by atoms with van der Waals surface area (Å²) in [5.74, 6) is -0.122. The molecule has 4 aromatic carbocycles. The van der Waals surface area contributed by atoms with Crippen molar-refractivity contribution in [1.82, 2.24) is 10.3 Å². The number of nitrogens with one attached hydrogen (secondary N) is 1. The standard InChI is InChI=1S/C37H36N4O3/c1-23-16-29(42)17-24(2)30(23)21-32(38)36(43)40-34-14-15-41(37(44)27-8-4-3-5-9-27)35-13-12-25(20-31(34)35)18-26-19-28-10-6-7-11-33(28)39-22-26/h3-13,16-17,19-20,22,32,34,42H,14-15,18,21,38H2,1-2H3,(H,40,43)/t32-,34+/m0/s1. The maximum Gasteiger partial charge on any atom is 0.258 e. The fourth-order valence-electron chi connectivity index (χ4n) is 6.20. The molecule has 6 rings (SSSR count). The largest absolute Gasteiger partial charge is 0.508 e. The molecule has 1 aliphatic rings. The van der Waals surface area contributed by atoms with E-state index >= 15 is 0 Å². The fourth-order valence-corrected chi connectivity index (χ4v) is 6.20. The Bertz CT molecular complexity index is 1830. The number of hydrogen-bond acceptors (Lipinski definition) is 5. The molecule has 0 aliphatic carbocycles. The van der Waals surface area contributed by atoms with Gasteiger partial charge in [0.1, 0.15) is 5.75 Å². The maximum absolute atomic E-state index is 13.6. The molecule has 2 amide bonds. The molecule has 0 spiro atoms. The highest BCUT2D eigenvalue weighted by atomic mass is 16.3. The number of aryl methyl sites for hydroxylation is 2. The van der Waals surface area contributed by atoms with Crippen LogP contribution in [0.25, 0.3) is 10.9 Å². The highest BCUT2D eigenvalue weighted by molar-refractivity contribution is 6.07. The molecule has 1 aromatic heterocycles. The third-order valence-corrected chi connectivity index (χ3v) is 8.48. The average Bonchev–Trinajstić information content (AvgIpc) is 3.03. The van der Waals surface area contributed by atoms with Gasteiger partial charge in [-0.2, -0.15) is 0 Å². The Balaban J connectivity index is 1.29. The highest BCUT2D eigenvalue weighted by Gasteiger charge is 2.31. The first kappa shape index (κ1) is 29.1. The normalized spacial score (nSPS) is 15.1. The van der Waals surface area contributed by atoms with Gasteiger partial charge < -0.3 is 21.1 Å². The van der Waals surface area contributed by atoms with Gasteiger partial charge in [0.15, 0.2) is 0 Å². The van der Waals surface area contributed by atoms with E-state index in [2.05, 4.69) is 28.5 Å². The van der Waals surface area contributed by atoms with E-state index in [0.717, 1.165) is 50.0 Å². The summed E-state index contributed by atoms with van der Waals surface area (Å²) in [6.45, 7) is 4.29. The number of rotatable bonds is 7. The van der Waals surface area contributed by atoms with Crippen molar-refractivity contribution in [3.05, 3.63) is 136 Å². The lowest BCUT2D eigenvalue weighted by molar-refractivity contribution is -0.123. The van der Waals surface area contributed by atoms with Gasteiger partial charge in [-0.1, -0.05) is 48.5 Å². The van der Waals surface area contributed by atoms with Crippen molar-refractivity contribution in [2.75, 3.05) is 11.4 Å². The van der Waals surface area contributed by atoms with Crippen LogP contribution < -0.4 is 16.0 Å². The molecule has 0 unspecified atom stereocenters. The third kappa shape index (κ3) is 6.05. The molecule has 2 heterocycles. The van der Waals surface area contributed by atoms with E-state index in [0.29, 0.717) is 31.4 Å². The maximum atomic E-state index is 13.6. The van der Waals surface area contributed by atoms with Gasteiger partial charge in [0.2, 0.25) is 5.91 Å². The van der Waals surface area contributed by atoms with Crippen molar-refractivity contribution < 1.29 is 14.7 Å². The van der Waals surface area contributed by atoms with Gasteiger partial charge in [-0.25, -0.2) is 0 Å². The molecule has 0 saturated heterocycles. The molecular weight excluding hydrogens is 548 g/mol. The molecule has 1 aliphatic heterocycles. The molecule has 222 valence electrons. The van der Waals surface area contributed by atoms with Crippen LogP contribution in [-0.2, 0) is 17.6 Å². The molecule has 2 atom stereocenters. The van der Waals surface area contributed by atoms with Crippen LogP contribution in [-0.4, -0.2) is 34.5 Å². The molecule has 0 fully saturated rings. The topological polar surface area (TPSA) is 109 Å². The van der Waals surface area contributed by atoms with Crippen LogP contribution in [0.15, 0.2) is 97.2 Å². The molecule has 0 saturated carbocycles. The van der Waals surface area contributed by atoms with Gasteiger partial charge in [0.25, 0.3) is 5.91 Å². The Morgan fingerprint density at radius 2 is 1.68 bits per heavy atom. The monoisotopic (exact) mass is 584 g/mol. The van der Waals surface area contributed by atoms with Crippen molar-refractivity contribution in [2.24, 2.45) is 5.73 Å². The Labute approximate surface area is 257 Å². The number of pyridine rings is 1. The molecule has 7 heteroatoms. The Hall–Kier alpha value is -5.01. The quantitative estimate of drug-likeness (QED) is 0.220. The summed E-state index contributed by atoms with van der Waals surface area (Å²) in [6, 6.07) is 27.9. The minimum Gasteiger partial charge on any atom is -0.508 e. The van der Waals surface area contributed by atoms with Crippen molar-refractivity contribution >= 4 is 28.4 Å². The molecule has 4 N–H and O–H groups in total. The fraction of sp³-hybridized carbons (Fsp3) is 0.216. The van der Waals surface area contributed by atoms with Crippen LogP contribution in [0.1, 0.15) is 56.2 Å². The SMILES string of the molecule is Cc1cc(O)cc(C)c1C[C@H](N)C(=O)N[C@@H]1CCN(C(=O)c2ccccc2)c2ccc(Cc3cnc4ccccc4c3)cc21. The van der Waals surface area contributed by atoms with Gasteiger partial charge >= 0.3 is 0 Å². The van der Waals surface area contributed by atoms with Crippen LogP contribution in [0.3, 0.4) is 0 Å². The van der Waals surface area contributed by atoms with E-state index in [4.69, 9.17) is 5.73 Å².